The molecule has 108 valence electrons. The number of hydrogen-bond donors (Lipinski definition) is 1. The van der Waals surface area contributed by atoms with Gasteiger partial charge in [-0.3, -0.25) is 0 Å². The van der Waals surface area contributed by atoms with Crippen LogP contribution in [0.2, 0.25) is 0 Å². The van der Waals surface area contributed by atoms with Crippen LogP contribution in [-0.2, 0) is 11.8 Å². The van der Waals surface area contributed by atoms with Gasteiger partial charge in [-0.05, 0) is 43.6 Å². The molecular weight excluding hydrogens is 314 g/mol. The number of rotatable bonds is 4. The topological polar surface area (TPSA) is 65.4 Å². The summed E-state index contributed by atoms with van der Waals surface area (Å²) >= 11 is 3.35. The van der Waals surface area contributed by atoms with E-state index in [1.807, 2.05) is 27.7 Å². The summed E-state index contributed by atoms with van der Waals surface area (Å²) in [7, 11) is 1.79. The van der Waals surface area contributed by atoms with Crippen LogP contribution in [0.4, 0.5) is 4.79 Å². The molecule has 0 unspecified atom stereocenters. The normalized spacial score (nSPS) is 12.9. The summed E-state index contributed by atoms with van der Waals surface area (Å²) < 4.78 is 13.2. The molecule has 7 heteroatoms. The van der Waals surface area contributed by atoms with E-state index in [1.54, 1.807) is 17.9 Å². The van der Waals surface area contributed by atoms with Gasteiger partial charge in [-0.1, -0.05) is 0 Å². The lowest BCUT2D eigenvalue weighted by molar-refractivity contribution is 0.0503. The Morgan fingerprint density at radius 1 is 1.58 bits per heavy atom. The van der Waals surface area contributed by atoms with E-state index >= 15 is 0 Å². The van der Waals surface area contributed by atoms with Gasteiger partial charge in [0.1, 0.15) is 11.7 Å². The molecule has 0 fully saturated rings. The molecule has 0 saturated carbocycles. The summed E-state index contributed by atoms with van der Waals surface area (Å²) in [5.41, 5.74) is -0.501. The van der Waals surface area contributed by atoms with Crippen LogP contribution < -0.4 is 10.1 Å². The van der Waals surface area contributed by atoms with E-state index in [4.69, 9.17) is 9.47 Å². The highest BCUT2D eigenvalue weighted by Gasteiger charge is 2.17. The Bertz CT molecular complexity index is 420. The van der Waals surface area contributed by atoms with Crippen molar-refractivity contribution in [3.05, 3.63) is 10.7 Å². The van der Waals surface area contributed by atoms with Crippen LogP contribution in [0.25, 0.3) is 0 Å². The number of aromatic nitrogens is 2. The predicted molar refractivity (Wildman–Crippen MR) is 75.2 cm³/mol. The molecule has 0 bridgehead atoms. The number of nitrogens with one attached hydrogen (secondary N) is 1. The number of amides is 1. The number of hydrogen-bond acceptors (Lipinski definition) is 4. The Hall–Kier alpha value is -1.24. The highest BCUT2D eigenvalue weighted by Crippen LogP contribution is 2.24. The Morgan fingerprint density at radius 3 is 2.68 bits per heavy atom. The lowest BCUT2D eigenvalue weighted by atomic mass is 10.2. The van der Waals surface area contributed by atoms with Crippen molar-refractivity contribution in [1.82, 2.24) is 15.1 Å². The second-order valence-corrected chi connectivity index (χ2v) is 6.09. The van der Waals surface area contributed by atoms with Crippen LogP contribution in [-0.4, -0.2) is 34.1 Å². The van der Waals surface area contributed by atoms with E-state index in [2.05, 4.69) is 26.3 Å². The maximum absolute atomic E-state index is 11.5. The largest absolute Gasteiger partial charge is 0.472 e. The second-order valence-electron chi connectivity index (χ2n) is 5.23. The summed E-state index contributed by atoms with van der Waals surface area (Å²) in [6.07, 6.45) is 1.01. The van der Waals surface area contributed by atoms with Crippen LogP contribution in [0, 0.1) is 0 Å². The lowest BCUT2D eigenvalue weighted by Gasteiger charge is -2.21. The molecular formula is C12H20BrN3O3. The average Bonchev–Trinajstić information content (AvgIpc) is 2.56. The molecule has 1 heterocycles. The number of carbonyl (C=O) groups excluding carboxylic acids is 1. The van der Waals surface area contributed by atoms with E-state index in [-0.39, 0.29) is 6.10 Å². The molecule has 0 aromatic carbocycles. The van der Waals surface area contributed by atoms with Gasteiger partial charge in [-0.2, -0.15) is 5.10 Å². The van der Waals surface area contributed by atoms with Crippen LogP contribution in [0.5, 0.6) is 5.88 Å². The zero-order chi connectivity index (χ0) is 14.6. The molecule has 1 N–H and O–H groups in total. The van der Waals surface area contributed by atoms with E-state index in [0.29, 0.717) is 12.4 Å². The predicted octanol–water partition coefficient (Wildman–Crippen LogP) is 2.47. The minimum atomic E-state index is -0.501. The first-order valence-electron chi connectivity index (χ1n) is 6.00. The van der Waals surface area contributed by atoms with Gasteiger partial charge in [-0.25, -0.2) is 9.48 Å². The summed E-state index contributed by atoms with van der Waals surface area (Å²) in [4.78, 5) is 11.5. The molecule has 6 nitrogen and oxygen atoms in total. The van der Waals surface area contributed by atoms with E-state index in [0.717, 1.165) is 4.47 Å². The number of aryl methyl sites for hydroxylation is 1. The van der Waals surface area contributed by atoms with Gasteiger partial charge in [0.25, 0.3) is 0 Å². The smallest absolute Gasteiger partial charge is 0.407 e. The molecule has 1 aromatic heterocycles. The van der Waals surface area contributed by atoms with Crippen molar-refractivity contribution in [2.45, 2.75) is 39.4 Å². The van der Waals surface area contributed by atoms with Gasteiger partial charge in [0, 0.05) is 7.05 Å². The quantitative estimate of drug-likeness (QED) is 0.919. The van der Waals surface area contributed by atoms with Crippen molar-refractivity contribution < 1.29 is 14.3 Å². The maximum atomic E-state index is 11.5. The van der Waals surface area contributed by atoms with Crippen molar-refractivity contribution in [2.75, 3.05) is 6.54 Å². The monoisotopic (exact) mass is 333 g/mol. The Labute approximate surface area is 121 Å². The van der Waals surface area contributed by atoms with Crippen LogP contribution in [0.3, 0.4) is 0 Å². The SMILES string of the molecule is C[C@@H](CNC(=O)OC(C)(C)C)Oc1c(Br)cnn1C. The third kappa shape index (κ3) is 5.50. The van der Waals surface area contributed by atoms with Gasteiger partial charge in [0.2, 0.25) is 5.88 Å². The molecule has 0 radical (unpaired) electrons. The highest BCUT2D eigenvalue weighted by molar-refractivity contribution is 9.10. The van der Waals surface area contributed by atoms with Crippen molar-refractivity contribution in [3.8, 4) is 5.88 Å². The van der Waals surface area contributed by atoms with Gasteiger partial charge in [-0.15, -0.1) is 0 Å². The van der Waals surface area contributed by atoms with Crippen molar-refractivity contribution >= 4 is 22.0 Å². The van der Waals surface area contributed by atoms with Crippen LogP contribution >= 0.6 is 15.9 Å². The maximum Gasteiger partial charge on any atom is 0.407 e. The van der Waals surface area contributed by atoms with Crippen LogP contribution in [0.1, 0.15) is 27.7 Å². The van der Waals surface area contributed by atoms with E-state index < -0.39 is 11.7 Å². The zero-order valence-electron chi connectivity index (χ0n) is 11.9. The molecule has 0 saturated heterocycles. The molecule has 0 aliphatic heterocycles. The molecule has 0 spiro atoms. The van der Waals surface area contributed by atoms with E-state index in [1.165, 1.54) is 0 Å². The molecule has 0 aliphatic rings. The average molecular weight is 334 g/mol. The lowest BCUT2D eigenvalue weighted by Crippen LogP contribution is -2.37. The third-order valence-corrected chi connectivity index (χ3v) is 2.63. The van der Waals surface area contributed by atoms with Crippen molar-refractivity contribution in [1.29, 1.82) is 0 Å². The fourth-order valence-corrected chi connectivity index (χ4v) is 1.75. The summed E-state index contributed by atoms with van der Waals surface area (Å²) in [5, 5.41) is 6.70. The zero-order valence-corrected chi connectivity index (χ0v) is 13.4. The molecule has 1 rings (SSSR count). The fraction of sp³-hybridized carbons (Fsp3) is 0.667. The summed E-state index contributed by atoms with van der Waals surface area (Å²) in [6.45, 7) is 7.67. The third-order valence-electron chi connectivity index (χ3n) is 2.09. The summed E-state index contributed by atoms with van der Waals surface area (Å²) in [6, 6.07) is 0. The fourth-order valence-electron chi connectivity index (χ4n) is 1.31. The number of carbonyl (C=O) groups is 1. The molecule has 19 heavy (non-hydrogen) atoms. The van der Waals surface area contributed by atoms with Crippen molar-refractivity contribution in [2.24, 2.45) is 7.05 Å². The first-order chi connectivity index (χ1) is 8.69. The number of alkyl carbamates (subject to hydrolysis) is 1. The van der Waals surface area contributed by atoms with Gasteiger partial charge in [0.05, 0.1) is 17.2 Å². The van der Waals surface area contributed by atoms with Crippen molar-refractivity contribution in [3.63, 3.8) is 0 Å². The first kappa shape index (κ1) is 15.8. The molecule has 1 atom stereocenters. The minimum absolute atomic E-state index is 0.195. The number of nitrogens with zero attached hydrogens (tertiary/aromatic N) is 2. The standard InChI is InChI=1S/C12H20BrN3O3/c1-8(6-14-11(17)19-12(2,3)4)18-10-9(13)7-15-16(10)5/h7-8H,6H2,1-5H3,(H,14,17)/t8-/m0/s1. The second kappa shape index (κ2) is 6.27. The van der Waals surface area contributed by atoms with Gasteiger partial charge in [0.15, 0.2) is 0 Å². The summed E-state index contributed by atoms with van der Waals surface area (Å²) in [5.74, 6) is 0.624. The van der Waals surface area contributed by atoms with Gasteiger partial charge < -0.3 is 14.8 Å². The Kier molecular flexibility index (Phi) is 5.22. The first-order valence-corrected chi connectivity index (χ1v) is 6.79. The van der Waals surface area contributed by atoms with Crippen LogP contribution in [0.15, 0.2) is 10.7 Å². The van der Waals surface area contributed by atoms with E-state index in [9.17, 15) is 4.79 Å². The highest BCUT2D eigenvalue weighted by atomic mass is 79.9. The molecule has 0 aliphatic carbocycles. The number of halogens is 1. The molecule has 1 aromatic rings. The Morgan fingerprint density at radius 2 is 2.21 bits per heavy atom. The minimum Gasteiger partial charge on any atom is -0.472 e. The Balaban J connectivity index is 2.40. The van der Waals surface area contributed by atoms with Gasteiger partial charge >= 0.3 is 6.09 Å². The number of ether oxygens (including phenoxy) is 2. The molecule has 1 amide bonds.